The molecule has 1 N–H and O–H groups in total. The van der Waals surface area contributed by atoms with Gasteiger partial charge in [0.05, 0.1) is 17.1 Å². The molecule has 0 amide bonds. The zero-order valence-electron chi connectivity index (χ0n) is 13.9. The highest BCUT2D eigenvalue weighted by molar-refractivity contribution is 6.31. The van der Waals surface area contributed by atoms with E-state index in [2.05, 4.69) is 10.1 Å². The summed E-state index contributed by atoms with van der Waals surface area (Å²) < 4.78 is 39.6. The van der Waals surface area contributed by atoms with Crippen molar-refractivity contribution in [3.05, 3.63) is 58.5 Å². The molecule has 0 aliphatic carbocycles. The normalized spacial score (nSPS) is 11.2. The molecule has 0 fully saturated rings. The average Bonchev–Trinajstić information content (AvgIpc) is 3.01. The summed E-state index contributed by atoms with van der Waals surface area (Å²) in [6.07, 6.45) is -2.61. The van der Waals surface area contributed by atoms with Crippen molar-refractivity contribution in [1.82, 2.24) is 14.8 Å². The number of rotatable bonds is 3. The van der Waals surface area contributed by atoms with Gasteiger partial charge in [0.25, 0.3) is 0 Å². The van der Waals surface area contributed by atoms with Crippen molar-refractivity contribution in [2.24, 2.45) is 0 Å². The van der Waals surface area contributed by atoms with E-state index < -0.39 is 23.4 Å². The van der Waals surface area contributed by atoms with Crippen molar-refractivity contribution in [2.75, 3.05) is 0 Å². The molecule has 0 aliphatic heterocycles. The van der Waals surface area contributed by atoms with Crippen LogP contribution in [-0.4, -0.2) is 25.8 Å². The van der Waals surface area contributed by atoms with Gasteiger partial charge in [-0.3, -0.25) is 9.67 Å². The number of hydrogen-bond acceptors (Lipinski definition) is 3. The Morgan fingerprint density at radius 3 is 2.54 bits per heavy atom. The molecule has 0 saturated heterocycles. The molecular weight excluding hydrogens is 371 g/mol. The van der Waals surface area contributed by atoms with Crippen LogP contribution in [0.25, 0.3) is 10.9 Å². The fourth-order valence-corrected chi connectivity index (χ4v) is 2.47. The maximum absolute atomic E-state index is 12.9. The number of carbonyl (C=O) groups is 1. The number of aromatic nitrogens is 3. The molecule has 0 atom stereocenters. The molecule has 0 spiro atoms. The summed E-state index contributed by atoms with van der Waals surface area (Å²) in [5.41, 5.74) is -0.973. The summed E-state index contributed by atoms with van der Waals surface area (Å²) in [6, 6.07) is 6.77. The summed E-state index contributed by atoms with van der Waals surface area (Å²) in [4.78, 5) is 15.1. The van der Waals surface area contributed by atoms with Crippen LogP contribution in [0.15, 0.2) is 36.7 Å². The van der Waals surface area contributed by atoms with E-state index in [1.54, 1.807) is 24.3 Å². The Bertz CT molecular complexity index is 939. The fraction of sp³-hybridized carbons (Fsp3) is 0.235. The first kappa shape index (κ1) is 19.7. The Morgan fingerprint density at radius 2 is 1.96 bits per heavy atom. The predicted molar refractivity (Wildman–Crippen MR) is 91.4 cm³/mol. The smallest absolute Gasteiger partial charge is 0.420 e. The lowest BCUT2D eigenvalue weighted by molar-refractivity contribution is -0.138. The highest BCUT2D eigenvalue weighted by Gasteiger charge is 2.38. The second-order valence-corrected chi connectivity index (χ2v) is 5.51. The molecule has 2 heterocycles. The van der Waals surface area contributed by atoms with E-state index >= 15 is 0 Å². The Morgan fingerprint density at radius 1 is 1.27 bits per heavy atom. The molecule has 138 valence electrons. The number of carboxylic acid groups (broad SMARTS) is 1. The third-order valence-corrected chi connectivity index (χ3v) is 3.53. The molecule has 0 aliphatic rings. The number of aromatic carboxylic acids is 1. The van der Waals surface area contributed by atoms with E-state index in [9.17, 15) is 18.0 Å². The Kier molecular flexibility index (Phi) is 5.86. The Hall–Kier alpha value is -2.61. The van der Waals surface area contributed by atoms with Crippen molar-refractivity contribution in [1.29, 1.82) is 0 Å². The number of pyridine rings is 1. The minimum atomic E-state index is -4.78. The lowest BCUT2D eigenvalue weighted by Crippen LogP contribution is -2.11. The molecule has 0 saturated carbocycles. The highest BCUT2D eigenvalue weighted by atomic mass is 35.5. The van der Waals surface area contributed by atoms with E-state index in [-0.39, 0.29) is 6.54 Å². The van der Waals surface area contributed by atoms with Crippen LogP contribution in [0, 0.1) is 0 Å². The van der Waals surface area contributed by atoms with Gasteiger partial charge in [0.15, 0.2) is 5.69 Å². The van der Waals surface area contributed by atoms with Crippen LogP contribution < -0.4 is 0 Å². The van der Waals surface area contributed by atoms with Crippen LogP contribution >= 0.6 is 11.6 Å². The van der Waals surface area contributed by atoms with Crippen LogP contribution in [0.3, 0.4) is 0 Å². The van der Waals surface area contributed by atoms with E-state index in [1.807, 2.05) is 13.8 Å². The molecule has 26 heavy (non-hydrogen) atoms. The highest BCUT2D eigenvalue weighted by Crippen LogP contribution is 2.31. The lowest BCUT2D eigenvalue weighted by Gasteiger charge is -2.05. The zero-order chi connectivity index (χ0) is 19.5. The summed E-state index contributed by atoms with van der Waals surface area (Å²) in [5, 5.41) is 13.6. The number of fused-ring (bicyclic) bond motifs is 1. The van der Waals surface area contributed by atoms with Gasteiger partial charge in [0.1, 0.15) is 5.56 Å². The largest absolute Gasteiger partial charge is 0.476 e. The zero-order valence-corrected chi connectivity index (χ0v) is 14.6. The molecule has 3 rings (SSSR count). The van der Waals surface area contributed by atoms with Gasteiger partial charge in [-0.1, -0.05) is 31.5 Å². The van der Waals surface area contributed by atoms with Crippen molar-refractivity contribution < 1.29 is 23.1 Å². The first-order chi connectivity index (χ1) is 12.2. The van der Waals surface area contributed by atoms with Gasteiger partial charge in [-0.15, -0.1) is 0 Å². The minimum absolute atomic E-state index is 0.0151. The second-order valence-electron chi connectivity index (χ2n) is 5.07. The molecule has 0 unspecified atom stereocenters. The van der Waals surface area contributed by atoms with Gasteiger partial charge in [-0.05, 0) is 23.8 Å². The Labute approximate surface area is 152 Å². The fourth-order valence-electron chi connectivity index (χ4n) is 2.31. The lowest BCUT2D eigenvalue weighted by atomic mass is 10.1. The van der Waals surface area contributed by atoms with E-state index in [0.29, 0.717) is 22.3 Å². The summed E-state index contributed by atoms with van der Waals surface area (Å²) in [5.74, 6) is -1.73. The third kappa shape index (κ3) is 4.32. The average molecular weight is 386 g/mol. The molecule has 5 nitrogen and oxygen atoms in total. The second kappa shape index (κ2) is 7.74. The Balaban J connectivity index is 0.00000117. The van der Waals surface area contributed by atoms with Crippen molar-refractivity contribution in [3.63, 3.8) is 0 Å². The quantitative estimate of drug-likeness (QED) is 0.698. The standard InChI is InChI=1S/C15H9ClF3N3O2.C2H6/c16-10-4-9-3-8(1-2-12(9)20-5-10)6-22-7-11(15(17,18)19)13(21-22)14(23)24;1-2/h1-5,7H,6H2,(H,23,24);1-2H3. The van der Waals surface area contributed by atoms with Gasteiger partial charge in [0.2, 0.25) is 0 Å². The van der Waals surface area contributed by atoms with Crippen LogP contribution in [0.5, 0.6) is 0 Å². The number of carboxylic acids is 1. The van der Waals surface area contributed by atoms with E-state index in [1.165, 1.54) is 6.20 Å². The van der Waals surface area contributed by atoms with Gasteiger partial charge in [-0.2, -0.15) is 18.3 Å². The molecule has 0 radical (unpaired) electrons. The maximum atomic E-state index is 12.9. The number of hydrogen-bond donors (Lipinski definition) is 1. The molecule has 2 aromatic heterocycles. The minimum Gasteiger partial charge on any atom is -0.476 e. The van der Waals surface area contributed by atoms with Crippen LogP contribution in [0.1, 0.15) is 35.5 Å². The van der Waals surface area contributed by atoms with Gasteiger partial charge < -0.3 is 5.11 Å². The van der Waals surface area contributed by atoms with Crippen molar-refractivity contribution >= 4 is 28.5 Å². The van der Waals surface area contributed by atoms with Gasteiger partial charge >= 0.3 is 12.1 Å². The van der Waals surface area contributed by atoms with Crippen LogP contribution in [-0.2, 0) is 12.7 Å². The van der Waals surface area contributed by atoms with E-state index in [4.69, 9.17) is 16.7 Å². The van der Waals surface area contributed by atoms with Gasteiger partial charge in [-0.25, -0.2) is 4.79 Å². The van der Waals surface area contributed by atoms with Crippen molar-refractivity contribution in [2.45, 2.75) is 26.6 Å². The predicted octanol–water partition coefficient (Wildman–Crippen LogP) is 4.88. The number of nitrogens with zero attached hydrogens (tertiary/aromatic N) is 3. The maximum Gasteiger partial charge on any atom is 0.420 e. The van der Waals surface area contributed by atoms with Crippen LogP contribution in [0.2, 0.25) is 5.02 Å². The third-order valence-electron chi connectivity index (χ3n) is 3.33. The molecule has 3 aromatic rings. The summed E-state index contributed by atoms with van der Waals surface area (Å²) in [7, 11) is 0. The van der Waals surface area contributed by atoms with Crippen molar-refractivity contribution in [3.8, 4) is 0 Å². The first-order valence-corrected chi connectivity index (χ1v) is 8.04. The summed E-state index contributed by atoms with van der Waals surface area (Å²) >= 11 is 5.87. The van der Waals surface area contributed by atoms with Crippen LogP contribution in [0.4, 0.5) is 13.2 Å². The monoisotopic (exact) mass is 385 g/mol. The molecule has 9 heteroatoms. The molecular formula is C17H15ClF3N3O2. The molecule has 0 bridgehead atoms. The SMILES string of the molecule is CC.O=C(O)c1nn(Cc2ccc3ncc(Cl)cc3c2)cc1C(F)(F)F. The number of halogens is 4. The number of benzene rings is 1. The summed E-state index contributed by atoms with van der Waals surface area (Å²) in [6.45, 7) is 3.98. The first-order valence-electron chi connectivity index (χ1n) is 7.66. The number of alkyl halides is 3. The molecule has 1 aromatic carbocycles. The van der Waals surface area contributed by atoms with Gasteiger partial charge in [0, 0.05) is 17.8 Å². The topological polar surface area (TPSA) is 68.0 Å². The van der Waals surface area contributed by atoms with E-state index in [0.717, 1.165) is 10.1 Å².